The van der Waals surface area contributed by atoms with Crippen LogP contribution in [0.1, 0.15) is 84.0 Å². The molecule has 0 saturated carbocycles. The third kappa shape index (κ3) is 8.30. The standard InChI is InChI=1S/C41H50N6O6S/c1-25(2)46-23-28(29-13-8-9-14-32(29)46)21-30(43-38(51)41(6,7)44-39(52)53-40(3,4)5)36(49)42-31-20-27-12-10-15-33(45-18-11-16-34(45)48)35(27)47(37(31)50)22-26-17-19-54-24-26/h8-10,12-15,17,19,23-25,30-31H,11,16,18,20-22H2,1-7H3,(H,42,49)(H,43,51)(H,44,52)/t30-,31?/m1/s1. The molecule has 4 heterocycles. The number of rotatable bonds is 11. The number of thiophene rings is 1. The van der Waals surface area contributed by atoms with E-state index >= 15 is 0 Å². The zero-order valence-electron chi connectivity index (χ0n) is 32.0. The molecule has 6 rings (SSSR count). The van der Waals surface area contributed by atoms with Gasteiger partial charge in [-0.05, 0) is 101 Å². The van der Waals surface area contributed by atoms with Gasteiger partial charge < -0.3 is 35.1 Å². The minimum absolute atomic E-state index is 0.0169. The SMILES string of the molecule is CC(C)n1cc(C[C@@H](NC(=O)C(C)(C)NC(=O)OC(C)(C)C)C(=O)NC2Cc3cccc(N4CCCC4=O)c3N(Cc3ccsc3)C2=O)c2ccccc21. The van der Waals surface area contributed by atoms with Gasteiger partial charge in [-0.3, -0.25) is 19.2 Å². The van der Waals surface area contributed by atoms with E-state index in [-0.39, 0.29) is 37.2 Å². The van der Waals surface area contributed by atoms with E-state index in [0.717, 1.165) is 34.0 Å². The number of fused-ring (bicyclic) bond motifs is 2. The van der Waals surface area contributed by atoms with Crippen LogP contribution in [0.3, 0.4) is 0 Å². The van der Waals surface area contributed by atoms with Crippen LogP contribution in [0.4, 0.5) is 16.2 Å². The molecule has 3 N–H and O–H groups in total. The first-order valence-electron chi connectivity index (χ1n) is 18.5. The van der Waals surface area contributed by atoms with Crippen LogP contribution in [0.15, 0.2) is 65.5 Å². The molecule has 13 heteroatoms. The zero-order chi connectivity index (χ0) is 38.9. The highest BCUT2D eigenvalue weighted by molar-refractivity contribution is 7.07. The Morgan fingerprint density at radius 2 is 1.76 bits per heavy atom. The summed E-state index contributed by atoms with van der Waals surface area (Å²) in [6.45, 7) is 13.3. The smallest absolute Gasteiger partial charge is 0.408 e. The highest BCUT2D eigenvalue weighted by Gasteiger charge is 2.40. The maximum atomic E-state index is 14.5. The van der Waals surface area contributed by atoms with Gasteiger partial charge in [0.05, 0.1) is 17.9 Å². The highest BCUT2D eigenvalue weighted by atomic mass is 32.1. The zero-order valence-corrected chi connectivity index (χ0v) is 32.8. The van der Waals surface area contributed by atoms with Crippen molar-refractivity contribution in [3.63, 3.8) is 0 Å². The summed E-state index contributed by atoms with van der Waals surface area (Å²) in [7, 11) is 0. The van der Waals surface area contributed by atoms with E-state index in [1.54, 1.807) is 44.4 Å². The van der Waals surface area contributed by atoms with Crippen molar-refractivity contribution in [3.05, 3.63) is 82.2 Å². The van der Waals surface area contributed by atoms with Crippen LogP contribution in [-0.4, -0.2) is 64.1 Å². The highest BCUT2D eigenvalue weighted by Crippen LogP contribution is 2.40. The van der Waals surface area contributed by atoms with Crippen molar-refractivity contribution < 1.29 is 28.7 Å². The number of aromatic nitrogens is 1. The molecule has 2 atom stereocenters. The Hall–Kier alpha value is -5.17. The number of nitrogens with zero attached hydrogens (tertiary/aromatic N) is 3. The van der Waals surface area contributed by atoms with Gasteiger partial charge in [0, 0.05) is 48.9 Å². The average molecular weight is 755 g/mol. The fraction of sp³-hybridized carbons (Fsp3) is 0.439. The number of nitrogens with one attached hydrogen (secondary N) is 3. The van der Waals surface area contributed by atoms with Gasteiger partial charge in [0.1, 0.15) is 23.2 Å². The maximum Gasteiger partial charge on any atom is 0.408 e. The van der Waals surface area contributed by atoms with Gasteiger partial charge in [-0.25, -0.2) is 4.79 Å². The van der Waals surface area contributed by atoms with E-state index in [1.807, 2.05) is 65.5 Å². The second kappa shape index (κ2) is 15.3. The second-order valence-electron chi connectivity index (χ2n) is 15.9. The summed E-state index contributed by atoms with van der Waals surface area (Å²) in [4.78, 5) is 72.0. The van der Waals surface area contributed by atoms with Crippen LogP contribution < -0.4 is 25.8 Å². The van der Waals surface area contributed by atoms with Crippen molar-refractivity contribution in [1.29, 1.82) is 0 Å². The van der Waals surface area contributed by atoms with Gasteiger partial charge in [0.2, 0.25) is 23.6 Å². The molecule has 12 nitrogen and oxygen atoms in total. The molecule has 286 valence electrons. The molecule has 0 bridgehead atoms. The van der Waals surface area contributed by atoms with Crippen molar-refractivity contribution in [3.8, 4) is 0 Å². The van der Waals surface area contributed by atoms with Crippen molar-refractivity contribution >= 4 is 63.3 Å². The molecule has 4 aromatic rings. The van der Waals surface area contributed by atoms with Crippen LogP contribution in [0.5, 0.6) is 0 Å². The Morgan fingerprint density at radius 3 is 2.43 bits per heavy atom. The largest absolute Gasteiger partial charge is 0.444 e. The lowest BCUT2D eigenvalue weighted by molar-refractivity contribution is -0.133. The minimum Gasteiger partial charge on any atom is -0.444 e. The lowest BCUT2D eigenvalue weighted by Crippen LogP contribution is -2.61. The van der Waals surface area contributed by atoms with E-state index in [9.17, 15) is 24.0 Å². The summed E-state index contributed by atoms with van der Waals surface area (Å²) in [6, 6.07) is 13.6. The molecule has 1 unspecified atom stereocenters. The predicted molar refractivity (Wildman–Crippen MR) is 211 cm³/mol. The molecule has 5 amide bonds. The minimum atomic E-state index is -1.45. The summed E-state index contributed by atoms with van der Waals surface area (Å²) in [6.07, 6.45) is 2.75. The molecular weight excluding hydrogens is 705 g/mol. The van der Waals surface area contributed by atoms with Gasteiger partial charge in [0.25, 0.3) is 0 Å². The number of carbonyl (C=O) groups excluding carboxylic acids is 5. The summed E-state index contributed by atoms with van der Waals surface area (Å²) < 4.78 is 7.53. The van der Waals surface area contributed by atoms with Gasteiger partial charge >= 0.3 is 6.09 Å². The topological polar surface area (TPSA) is 142 Å². The number of anilines is 2. The number of amides is 5. The van der Waals surface area contributed by atoms with Gasteiger partial charge in [-0.2, -0.15) is 11.3 Å². The Bertz CT molecular complexity index is 2060. The van der Waals surface area contributed by atoms with E-state index in [2.05, 4.69) is 34.4 Å². The third-order valence-corrected chi connectivity index (χ3v) is 10.5. The van der Waals surface area contributed by atoms with Gasteiger partial charge in [-0.1, -0.05) is 30.3 Å². The van der Waals surface area contributed by atoms with E-state index < -0.39 is 41.1 Å². The number of carbonyl (C=O) groups is 5. The number of alkyl carbamates (subject to hydrolysis) is 1. The number of para-hydroxylation sites is 2. The van der Waals surface area contributed by atoms with E-state index in [1.165, 1.54) is 11.3 Å². The number of hydrogen-bond acceptors (Lipinski definition) is 7. The monoisotopic (exact) mass is 754 g/mol. The molecule has 0 spiro atoms. The Labute approximate surface area is 320 Å². The first-order valence-corrected chi connectivity index (χ1v) is 19.4. The average Bonchev–Trinajstić information content (AvgIpc) is 3.85. The van der Waals surface area contributed by atoms with Crippen LogP contribution in [0.25, 0.3) is 10.9 Å². The van der Waals surface area contributed by atoms with Crippen molar-refractivity contribution in [2.24, 2.45) is 0 Å². The molecule has 2 aliphatic rings. The molecule has 1 fully saturated rings. The van der Waals surface area contributed by atoms with E-state index in [4.69, 9.17) is 4.74 Å². The molecule has 2 aromatic carbocycles. The quantitative estimate of drug-likeness (QED) is 0.171. The van der Waals surface area contributed by atoms with Crippen LogP contribution in [-0.2, 0) is 43.3 Å². The normalized spacial score (nSPS) is 16.8. The van der Waals surface area contributed by atoms with Crippen LogP contribution >= 0.6 is 11.3 Å². The molecule has 0 radical (unpaired) electrons. The first kappa shape index (κ1) is 38.6. The van der Waals surface area contributed by atoms with Crippen molar-refractivity contribution in [2.75, 3.05) is 16.3 Å². The van der Waals surface area contributed by atoms with E-state index in [0.29, 0.717) is 24.3 Å². The van der Waals surface area contributed by atoms with Crippen molar-refractivity contribution in [2.45, 2.75) is 110 Å². The third-order valence-electron chi connectivity index (χ3n) is 9.76. The fourth-order valence-corrected chi connectivity index (χ4v) is 7.80. The van der Waals surface area contributed by atoms with Gasteiger partial charge in [0.15, 0.2) is 0 Å². The van der Waals surface area contributed by atoms with Crippen molar-refractivity contribution in [1.82, 2.24) is 20.5 Å². The Morgan fingerprint density at radius 1 is 1.00 bits per heavy atom. The molecule has 1 saturated heterocycles. The molecule has 2 aliphatic heterocycles. The number of benzene rings is 2. The molecule has 0 aliphatic carbocycles. The van der Waals surface area contributed by atoms with Crippen LogP contribution in [0, 0.1) is 0 Å². The number of hydrogen-bond donors (Lipinski definition) is 3. The fourth-order valence-electron chi connectivity index (χ4n) is 7.14. The first-order chi connectivity index (χ1) is 25.5. The van der Waals surface area contributed by atoms with Gasteiger partial charge in [-0.15, -0.1) is 0 Å². The Balaban J connectivity index is 1.32. The Kier molecular flexibility index (Phi) is 10.9. The molecule has 54 heavy (non-hydrogen) atoms. The van der Waals surface area contributed by atoms with Crippen LogP contribution in [0.2, 0.25) is 0 Å². The molecule has 2 aromatic heterocycles. The summed E-state index contributed by atoms with van der Waals surface area (Å²) >= 11 is 1.53. The number of ether oxygens (including phenoxy) is 1. The maximum absolute atomic E-state index is 14.5. The molecular formula is C41H50N6O6S. The summed E-state index contributed by atoms with van der Waals surface area (Å²) in [5.41, 5.74) is 2.73. The summed E-state index contributed by atoms with van der Waals surface area (Å²) in [5, 5.41) is 13.4. The second-order valence-corrected chi connectivity index (χ2v) is 16.7. The lowest BCUT2D eigenvalue weighted by atomic mass is 9.94. The predicted octanol–water partition coefficient (Wildman–Crippen LogP) is 6.02. The summed E-state index contributed by atoms with van der Waals surface area (Å²) in [5.74, 6) is -1.43. The lowest BCUT2D eigenvalue weighted by Gasteiger charge is -2.37.